The van der Waals surface area contributed by atoms with Gasteiger partial charge in [-0.25, -0.2) is 0 Å². The number of carbonyl (C=O) groups excluding carboxylic acids is 1. The summed E-state index contributed by atoms with van der Waals surface area (Å²) in [5.74, 6) is 1.29. The van der Waals surface area contributed by atoms with E-state index in [1.54, 1.807) is 0 Å². The summed E-state index contributed by atoms with van der Waals surface area (Å²) >= 11 is 1.84. The van der Waals surface area contributed by atoms with Crippen LogP contribution in [0.4, 0.5) is 0 Å². The van der Waals surface area contributed by atoms with Gasteiger partial charge in [0.05, 0.1) is 5.37 Å². The highest BCUT2D eigenvalue weighted by Gasteiger charge is 2.33. The van der Waals surface area contributed by atoms with Crippen molar-refractivity contribution in [3.8, 4) is 0 Å². The fourth-order valence-electron chi connectivity index (χ4n) is 3.96. The third kappa shape index (κ3) is 5.18. The van der Waals surface area contributed by atoms with Crippen LogP contribution in [0.2, 0.25) is 0 Å². The molecule has 0 saturated heterocycles. The van der Waals surface area contributed by atoms with E-state index in [1.807, 2.05) is 65.2 Å². The van der Waals surface area contributed by atoms with E-state index in [0.717, 1.165) is 29.0 Å². The van der Waals surface area contributed by atoms with Gasteiger partial charge in [-0.05, 0) is 41.5 Å². The second-order valence-electron chi connectivity index (χ2n) is 7.54. The van der Waals surface area contributed by atoms with Crippen molar-refractivity contribution in [3.05, 3.63) is 126 Å². The average molecular weight is 426 g/mol. The van der Waals surface area contributed by atoms with Crippen molar-refractivity contribution in [2.75, 3.05) is 5.75 Å². The minimum absolute atomic E-state index is 0.0574. The van der Waals surface area contributed by atoms with Crippen LogP contribution in [0.15, 0.2) is 109 Å². The van der Waals surface area contributed by atoms with Gasteiger partial charge in [-0.3, -0.25) is 9.69 Å². The smallest absolute Gasteiger partial charge is 0.259 e. The predicted molar refractivity (Wildman–Crippen MR) is 132 cm³/mol. The Morgan fingerprint density at radius 1 is 0.903 bits per heavy atom. The second-order valence-corrected chi connectivity index (χ2v) is 8.99. The molecule has 2 nitrogen and oxygen atoms in total. The monoisotopic (exact) mass is 425 g/mol. The molecule has 0 fully saturated rings. The third-order valence-electron chi connectivity index (χ3n) is 5.47. The number of rotatable bonds is 6. The number of allylic oxidation sites excluding steroid dienone is 2. The summed E-state index contributed by atoms with van der Waals surface area (Å²) in [6.07, 6.45) is 7.35. The molecule has 0 saturated carbocycles. The summed E-state index contributed by atoms with van der Waals surface area (Å²) in [6, 6.07) is 30.4. The maximum Gasteiger partial charge on any atom is 0.259 e. The molecule has 0 radical (unpaired) electrons. The molecule has 1 heterocycles. The fourth-order valence-corrected chi connectivity index (χ4v) is 5.06. The molecule has 0 N–H and O–H groups in total. The molecular weight excluding hydrogens is 398 g/mol. The number of nitrogens with zero attached hydrogens (tertiary/aromatic N) is 1. The van der Waals surface area contributed by atoms with Crippen LogP contribution in [0, 0.1) is 0 Å². The van der Waals surface area contributed by atoms with Crippen LogP contribution in [-0.4, -0.2) is 21.9 Å². The number of hydrogen-bond acceptors (Lipinski definition) is 2. The van der Waals surface area contributed by atoms with E-state index in [2.05, 4.69) is 67.6 Å². The number of thioether (sulfide) groups is 1. The van der Waals surface area contributed by atoms with Gasteiger partial charge >= 0.3 is 0 Å². The van der Waals surface area contributed by atoms with Crippen molar-refractivity contribution in [2.45, 2.75) is 24.6 Å². The molecule has 4 rings (SSSR count). The zero-order valence-corrected chi connectivity index (χ0v) is 18.5. The van der Waals surface area contributed by atoms with E-state index in [1.165, 1.54) is 5.56 Å². The number of carbonyl (C=O) groups is 1. The molecule has 0 bridgehead atoms. The van der Waals surface area contributed by atoms with Crippen LogP contribution >= 0.6 is 11.8 Å². The Labute approximate surface area is 189 Å². The molecule has 0 unspecified atom stereocenters. The van der Waals surface area contributed by atoms with E-state index < -0.39 is 0 Å². The summed E-state index contributed by atoms with van der Waals surface area (Å²) in [7, 11) is 0. The second kappa shape index (κ2) is 10.3. The maximum absolute atomic E-state index is 13.6. The summed E-state index contributed by atoms with van der Waals surface area (Å²) in [5.41, 5.74) is 4.10. The van der Waals surface area contributed by atoms with Gasteiger partial charge in [0.1, 0.15) is 0 Å². The summed E-state index contributed by atoms with van der Waals surface area (Å²) in [5, 5.41) is 0.0864. The van der Waals surface area contributed by atoms with Gasteiger partial charge in [-0.2, -0.15) is 0 Å². The summed E-state index contributed by atoms with van der Waals surface area (Å²) < 4.78 is 0. The Morgan fingerprint density at radius 3 is 2.16 bits per heavy atom. The van der Waals surface area contributed by atoms with Crippen LogP contribution in [-0.2, 0) is 0 Å². The van der Waals surface area contributed by atoms with Crippen molar-refractivity contribution >= 4 is 23.7 Å². The Bertz CT molecular complexity index is 1040. The van der Waals surface area contributed by atoms with Crippen LogP contribution in [0.1, 0.15) is 40.7 Å². The van der Waals surface area contributed by atoms with Gasteiger partial charge < -0.3 is 0 Å². The molecule has 0 spiro atoms. The van der Waals surface area contributed by atoms with E-state index in [-0.39, 0.29) is 17.2 Å². The van der Waals surface area contributed by atoms with Gasteiger partial charge in [0.15, 0.2) is 0 Å². The Hall–Kier alpha value is -3.04. The first kappa shape index (κ1) is 21.2. The average Bonchev–Trinajstić information content (AvgIpc) is 2.84. The van der Waals surface area contributed by atoms with E-state index in [9.17, 15) is 4.79 Å². The van der Waals surface area contributed by atoms with Crippen molar-refractivity contribution < 1.29 is 4.79 Å². The number of amides is 1. The Balaban J connectivity index is 1.76. The fraction of sp³-hybridized carbons (Fsp3) is 0.179. The largest absolute Gasteiger partial charge is 0.296 e. The predicted octanol–water partition coefficient (Wildman–Crippen LogP) is 6.99. The molecule has 2 atom stereocenters. The lowest BCUT2D eigenvalue weighted by atomic mass is 9.90. The number of hydrogen-bond donors (Lipinski definition) is 0. The first-order valence-corrected chi connectivity index (χ1v) is 11.8. The molecule has 156 valence electrons. The van der Waals surface area contributed by atoms with Crippen LogP contribution in [0.3, 0.4) is 0 Å². The van der Waals surface area contributed by atoms with E-state index >= 15 is 0 Å². The minimum Gasteiger partial charge on any atom is -0.296 e. The van der Waals surface area contributed by atoms with Gasteiger partial charge in [0, 0.05) is 17.2 Å². The zero-order valence-electron chi connectivity index (χ0n) is 17.7. The van der Waals surface area contributed by atoms with Gasteiger partial charge in [0.25, 0.3) is 5.91 Å². The molecule has 3 heteroatoms. The lowest BCUT2D eigenvalue weighted by Gasteiger charge is -2.38. The molecule has 3 aromatic carbocycles. The van der Waals surface area contributed by atoms with Gasteiger partial charge in [-0.15, -0.1) is 11.8 Å². The molecule has 0 aliphatic carbocycles. The molecule has 3 aromatic rings. The van der Waals surface area contributed by atoms with E-state index in [4.69, 9.17) is 0 Å². The minimum atomic E-state index is 0.0574. The third-order valence-corrected chi connectivity index (χ3v) is 6.59. The quantitative estimate of drug-likeness (QED) is 0.424. The van der Waals surface area contributed by atoms with E-state index in [0.29, 0.717) is 0 Å². The highest BCUT2D eigenvalue weighted by Crippen LogP contribution is 2.38. The summed E-state index contributed by atoms with van der Waals surface area (Å²) in [6.45, 7) is 2.16. The maximum atomic E-state index is 13.6. The Morgan fingerprint density at radius 2 is 1.52 bits per heavy atom. The summed E-state index contributed by atoms with van der Waals surface area (Å²) in [4.78, 5) is 15.6. The van der Waals surface area contributed by atoms with Crippen molar-refractivity contribution in [2.24, 2.45) is 0 Å². The normalized spacial score (nSPS) is 18.7. The van der Waals surface area contributed by atoms with Gasteiger partial charge in [0.2, 0.25) is 0 Å². The van der Waals surface area contributed by atoms with Crippen molar-refractivity contribution in [1.82, 2.24) is 4.90 Å². The topological polar surface area (TPSA) is 20.3 Å². The SMILES string of the molecule is CCS[C@@H]1C[C@H](c2ccccc2)C=C(/C=C/c2ccccc2)N1C(=O)c1ccccc1. The molecule has 1 aliphatic heterocycles. The first-order chi connectivity index (χ1) is 15.3. The molecule has 0 aromatic heterocycles. The highest BCUT2D eigenvalue weighted by atomic mass is 32.2. The lowest BCUT2D eigenvalue weighted by Crippen LogP contribution is -2.41. The van der Waals surface area contributed by atoms with Crippen LogP contribution < -0.4 is 0 Å². The first-order valence-electron chi connectivity index (χ1n) is 10.8. The van der Waals surface area contributed by atoms with Crippen molar-refractivity contribution in [3.63, 3.8) is 0 Å². The molecule has 31 heavy (non-hydrogen) atoms. The standard InChI is InChI=1S/C28H27NOS/c1-2-31-27-21-25(23-14-8-4-9-15-23)20-26(19-18-22-12-6-3-7-13-22)29(27)28(30)24-16-10-5-11-17-24/h3-20,25,27H,2,21H2,1H3/b19-18+/t25-,27-/m1/s1. The number of benzene rings is 3. The Kier molecular flexibility index (Phi) is 7.06. The highest BCUT2D eigenvalue weighted by molar-refractivity contribution is 7.99. The zero-order chi connectivity index (χ0) is 21.5. The van der Waals surface area contributed by atoms with Crippen molar-refractivity contribution in [1.29, 1.82) is 0 Å². The molecule has 1 aliphatic rings. The molecule has 1 amide bonds. The van der Waals surface area contributed by atoms with Crippen LogP contribution in [0.5, 0.6) is 0 Å². The molecular formula is C28H27NOS. The van der Waals surface area contributed by atoms with Gasteiger partial charge in [-0.1, -0.05) is 97.9 Å². The van der Waals surface area contributed by atoms with Crippen LogP contribution in [0.25, 0.3) is 6.08 Å². The lowest BCUT2D eigenvalue weighted by molar-refractivity contribution is 0.0783.